The number of hydrogen-bond acceptors (Lipinski definition) is 6. The molecule has 9 heteroatoms. The number of hydrazone groups is 1. The van der Waals surface area contributed by atoms with Crippen molar-refractivity contribution in [3.63, 3.8) is 0 Å². The van der Waals surface area contributed by atoms with Crippen LogP contribution < -0.4 is 5.43 Å². The summed E-state index contributed by atoms with van der Waals surface area (Å²) < 4.78 is 27.3. The normalized spacial score (nSPS) is 12.2. The number of non-ortho nitro benzene ring substituents is 1. The molecule has 0 spiro atoms. The number of sulfonamides is 1. The van der Waals surface area contributed by atoms with Gasteiger partial charge >= 0.3 is 0 Å². The van der Waals surface area contributed by atoms with Crippen LogP contribution in [0.25, 0.3) is 0 Å². The van der Waals surface area contributed by atoms with E-state index in [9.17, 15) is 18.5 Å². The van der Waals surface area contributed by atoms with Crippen LogP contribution in [0.15, 0.2) is 58.5 Å². The molecule has 0 unspecified atom stereocenters. The molecule has 29 heavy (non-hydrogen) atoms. The predicted octanol–water partition coefficient (Wildman–Crippen LogP) is 4.24. The fourth-order valence-corrected chi connectivity index (χ4v) is 4.51. The summed E-state index contributed by atoms with van der Waals surface area (Å²) in [7, 11) is -3.92. The van der Waals surface area contributed by atoms with E-state index in [1.54, 1.807) is 13.8 Å². The number of rotatable bonds is 10. The molecule has 0 atom stereocenters. The smallest absolute Gasteiger partial charge is 0.270 e. The SMILES string of the molecule is CCC/C(=N/Nc1ccc([N+](=O)[O-])cc1S(=O)(=O)N(CC)CC)c1ccccc1. The van der Waals surface area contributed by atoms with E-state index in [4.69, 9.17) is 0 Å². The standard InChI is InChI=1S/C20H26N4O4S/c1-4-10-18(16-11-8-7-9-12-16)21-22-19-14-13-17(24(25)26)15-20(19)29(27,28)23(5-2)6-3/h7-9,11-15,22H,4-6,10H2,1-3H3/b21-18-. The largest absolute Gasteiger partial charge is 0.277 e. The van der Waals surface area contributed by atoms with Gasteiger partial charge in [0.1, 0.15) is 4.90 Å². The molecule has 0 aliphatic rings. The highest BCUT2D eigenvalue weighted by molar-refractivity contribution is 7.89. The molecule has 0 aliphatic heterocycles. The van der Waals surface area contributed by atoms with Crippen LogP contribution in [0.1, 0.15) is 39.2 Å². The molecular weight excluding hydrogens is 392 g/mol. The Labute approximate surface area is 171 Å². The lowest BCUT2D eigenvalue weighted by Crippen LogP contribution is -2.31. The van der Waals surface area contributed by atoms with Crippen LogP contribution in [-0.4, -0.2) is 36.4 Å². The molecule has 156 valence electrons. The lowest BCUT2D eigenvalue weighted by atomic mass is 10.1. The number of nitro benzene ring substituents is 1. The Kier molecular flexibility index (Phi) is 7.86. The van der Waals surface area contributed by atoms with Gasteiger partial charge < -0.3 is 0 Å². The average molecular weight is 419 g/mol. The highest BCUT2D eigenvalue weighted by Gasteiger charge is 2.27. The maximum Gasteiger partial charge on any atom is 0.270 e. The van der Waals surface area contributed by atoms with Gasteiger partial charge in [-0.25, -0.2) is 8.42 Å². The van der Waals surface area contributed by atoms with Crippen molar-refractivity contribution in [1.82, 2.24) is 4.31 Å². The molecule has 0 aliphatic carbocycles. The topological polar surface area (TPSA) is 105 Å². The van der Waals surface area contributed by atoms with E-state index in [0.29, 0.717) is 6.42 Å². The molecule has 0 heterocycles. The van der Waals surface area contributed by atoms with Crippen molar-refractivity contribution in [3.05, 3.63) is 64.2 Å². The van der Waals surface area contributed by atoms with Crippen LogP contribution in [0.4, 0.5) is 11.4 Å². The zero-order valence-corrected chi connectivity index (χ0v) is 17.6. The van der Waals surface area contributed by atoms with Gasteiger partial charge in [-0.1, -0.05) is 57.5 Å². The van der Waals surface area contributed by atoms with Crippen molar-refractivity contribution in [2.45, 2.75) is 38.5 Å². The first-order valence-electron chi connectivity index (χ1n) is 9.51. The summed E-state index contributed by atoms with van der Waals surface area (Å²) in [6.07, 6.45) is 1.56. The van der Waals surface area contributed by atoms with Crippen LogP contribution in [0, 0.1) is 10.1 Å². The van der Waals surface area contributed by atoms with E-state index in [1.165, 1.54) is 16.4 Å². The summed E-state index contributed by atoms with van der Waals surface area (Å²) in [6.45, 7) is 5.99. The van der Waals surface area contributed by atoms with Gasteiger partial charge in [-0.05, 0) is 18.1 Å². The minimum atomic E-state index is -3.92. The Bertz CT molecular complexity index is 971. The van der Waals surface area contributed by atoms with Crippen molar-refractivity contribution in [2.24, 2.45) is 5.10 Å². The summed E-state index contributed by atoms with van der Waals surface area (Å²) in [5, 5.41) is 15.6. The third kappa shape index (κ3) is 5.39. The molecule has 0 saturated heterocycles. The zero-order chi connectivity index (χ0) is 21.4. The molecule has 2 rings (SSSR count). The van der Waals surface area contributed by atoms with Gasteiger partial charge in [0, 0.05) is 25.2 Å². The van der Waals surface area contributed by atoms with E-state index in [2.05, 4.69) is 10.5 Å². The second-order valence-electron chi connectivity index (χ2n) is 6.31. The highest BCUT2D eigenvalue weighted by atomic mass is 32.2. The number of hydrogen-bond donors (Lipinski definition) is 1. The van der Waals surface area contributed by atoms with Crippen molar-refractivity contribution in [3.8, 4) is 0 Å². The fraction of sp³-hybridized carbons (Fsp3) is 0.350. The van der Waals surface area contributed by atoms with E-state index >= 15 is 0 Å². The van der Waals surface area contributed by atoms with Crippen molar-refractivity contribution in [2.75, 3.05) is 18.5 Å². The zero-order valence-electron chi connectivity index (χ0n) is 16.8. The van der Waals surface area contributed by atoms with Crippen LogP contribution in [0.3, 0.4) is 0 Å². The first kappa shape index (κ1) is 22.5. The Morgan fingerprint density at radius 2 is 1.76 bits per heavy atom. The third-order valence-corrected chi connectivity index (χ3v) is 6.49. The van der Waals surface area contributed by atoms with E-state index in [1.807, 2.05) is 37.3 Å². The average Bonchev–Trinajstić information content (AvgIpc) is 2.72. The Morgan fingerprint density at radius 3 is 2.31 bits per heavy atom. The lowest BCUT2D eigenvalue weighted by molar-refractivity contribution is -0.385. The maximum absolute atomic E-state index is 13.0. The highest BCUT2D eigenvalue weighted by Crippen LogP contribution is 2.29. The summed E-state index contributed by atoms with van der Waals surface area (Å²) in [4.78, 5) is 10.4. The molecule has 0 aromatic heterocycles. The first-order chi connectivity index (χ1) is 13.8. The summed E-state index contributed by atoms with van der Waals surface area (Å²) in [6, 6.07) is 13.3. The monoisotopic (exact) mass is 418 g/mol. The minimum absolute atomic E-state index is 0.164. The minimum Gasteiger partial charge on any atom is -0.277 e. The molecule has 2 aromatic carbocycles. The van der Waals surface area contributed by atoms with Gasteiger partial charge in [0.25, 0.3) is 5.69 Å². The van der Waals surface area contributed by atoms with Gasteiger partial charge in [0.2, 0.25) is 10.0 Å². The van der Waals surface area contributed by atoms with Crippen molar-refractivity contribution >= 4 is 27.1 Å². The molecule has 0 fully saturated rings. The van der Waals surface area contributed by atoms with Crippen LogP contribution in [0.5, 0.6) is 0 Å². The lowest BCUT2D eigenvalue weighted by Gasteiger charge is -2.20. The van der Waals surface area contributed by atoms with E-state index in [0.717, 1.165) is 23.8 Å². The summed E-state index contributed by atoms with van der Waals surface area (Å²) >= 11 is 0. The number of benzene rings is 2. The molecular formula is C20H26N4O4S. The summed E-state index contributed by atoms with van der Waals surface area (Å²) in [5.74, 6) is 0. The van der Waals surface area contributed by atoms with Gasteiger partial charge in [0.05, 0.1) is 16.3 Å². The fourth-order valence-electron chi connectivity index (χ4n) is 2.89. The number of nitrogens with zero attached hydrogens (tertiary/aromatic N) is 3. The maximum atomic E-state index is 13.0. The van der Waals surface area contributed by atoms with Gasteiger partial charge in [-0.3, -0.25) is 15.5 Å². The summed E-state index contributed by atoms with van der Waals surface area (Å²) in [5.41, 5.74) is 4.45. The quantitative estimate of drug-likeness (QED) is 0.353. The second-order valence-corrected chi connectivity index (χ2v) is 8.22. The predicted molar refractivity (Wildman–Crippen MR) is 115 cm³/mol. The van der Waals surface area contributed by atoms with E-state index < -0.39 is 14.9 Å². The number of nitro groups is 1. The molecule has 2 aromatic rings. The van der Waals surface area contributed by atoms with E-state index in [-0.39, 0.29) is 29.4 Å². The molecule has 0 bridgehead atoms. The van der Waals surface area contributed by atoms with Gasteiger partial charge in [-0.15, -0.1) is 0 Å². The first-order valence-corrected chi connectivity index (χ1v) is 11.0. The number of anilines is 1. The van der Waals surface area contributed by atoms with Gasteiger partial charge in [-0.2, -0.15) is 9.41 Å². The molecule has 0 radical (unpaired) electrons. The Morgan fingerprint density at radius 1 is 1.10 bits per heavy atom. The third-order valence-electron chi connectivity index (χ3n) is 4.40. The molecule has 1 N–H and O–H groups in total. The van der Waals surface area contributed by atoms with Crippen LogP contribution >= 0.6 is 0 Å². The van der Waals surface area contributed by atoms with Crippen molar-refractivity contribution < 1.29 is 13.3 Å². The molecule has 8 nitrogen and oxygen atoms in total. The molecule has 0 saturated carbocycles. The Hall–Kier alpha value is -2.78. The molecule has 0 amide bonds. The number of nitrogens with one attached hydrogen (secondary N) is 1. The van der Waals surface area contributed by atoms with Crippen LogP contribution in [0.2, 0.25) is 0 Å². The van der Waals surface area contributed by atoms with Crippen molar-refractivity contribution in [1.29, 1.82) is 0 Å². The second kappa shape index (κ2) is 10.1. The van der Waals surface area contributed by atoms with Gasteiger partial charge in [0.15, 0.2) is 0 Å². The Balaban J connectivity index is 2.53. The van der Waals surface area contributed by atoms with Crippen LogP contribution in [-0.2, 0) is 10.0 Å².